The predicted octanol–water partition coefficient (Wildman–Crippen LogP) is 3.32. The third-order valence-corrected chi connectivity index (χ3v) is 5.26. The Bertz CT molecular complexity index is 927. The molecule has 4 rings (SSSR count). The molecule has 0 saturated carbocycles. The Balaban J connectivity index is 1.38. The minimum atomic E-state index is -0.497. The van der Waals surface area contributed by atoms with Crippen molar-refractivity contribution in [2.24, 2.45) is 4.99 Å². The molecule has 0 bridgehead atoms. The normalized spacial score (nSPS) is 18.2. The lowest BCUT2D eigenvalue weighted by atomic mass is 10.1. The number of aliphatic imine (C=N–C) groups is 1. The molecule has 7 nitrogen and oxygen atoms in total. The Morgan fingerprint density at radius 2 is 1.72 bits per heavy atom. The van der Waals surface area contributed by atoms with Crippen LogP contribution < -0.4 is 16.0 Å². The number of nitrogens with zero attached hydrogens (tertiary/aromatic N) is 2. The molecule has 0 aliphatic carbocycles. The summed E-state index contributed by atoms with van der Waals surface area (Å²) in [6.45, 7) is 2.18. The van der Waals surface area contributed by atoms with E-state index in [1.807, 2.05) is 24.3 Å². The molecule has 1 fully saturated rings. The van der Waals surface area contributed by atoms with Crippen molar-refractivity contribution in [1.82, 2.24) is 10.2 Å². The minimum absolute atomic E-state index is 0.183. The first-order valence-electron chi connectivity index (χ1n) is 9.63. The number of rotatable bonds is 4. The molecule has 2 aliphatic heterocycles. The molecular weight excluding hydrogens is 390 g/mol. The van der Waals surface area contributed by atoms with Crippen LogP contribution in [0.4, 0.5) is 16.2 Å². The van der Waals surface area contributed by atoms with Gasteiger partial charge in [-0.1, -0.05) is 11.6 Å². The van der Waals surface area contributed by atoms with Gasteiger partial charge in [-0.15, -0.1) is 0 Å². The molecule has 8 heteroatoms. The van der Waals surface area contributed by atoms with Gasteiger partial charge in [0, 0.05) is 35.1 Å². The summed E-state index contributed by atoms with van der Waals surface area (Å²) in [4.78, 5) is 31.4. The van der Waals surface area contributed by atoms with Crippen LogP contribution in [0.3, 0.4) is 0 Å². The lowest BCUT2D eigenvalue weighted by Gasteiger charge is -2.24. The van der Waals surface area contributed by atoms with Crippen LogP contribution in [-0.4, -0.2) is 48.3 Å². The second kappa shape index (κ2) is 8.53. The molecule has 3 N–H and O–H groups in total. The first kappa shape index (κ1) is 19.3. The average Bonchev–Trinajstić information content (AvgIpc) is 3.42. The standard InChI is InChI=1S/C21H22ClN5O2/c22-15-5-9-17(10-6-15)26-21(29)27-13-1-2-18(27)20(28)25-16-7-3-14(4-8-16)19-23-11-12-24-19/h3-10,18H,1-2,11-13H2,(H,23,24)(H,25,28)(H,26,29). The Hall–Kier alpha value is -3.06. The van der Waals surface area contributed by atoms with Gasteiger partial charge in [-0.05, 0) is 61.4 Å². The van der Waals surface area contributed by atoms with Crippen LogP contribution in [0, 0.1) is 0 Å². The molecular formula is C21H22ClN5O2. The fourth-order valence-electron chi connectivity index (χ4n) is 3.54. The van der Waals surface area contributed by atoms with Gasteiger partial charge in [-0.25, -0.2) is 4.79 Å². The lowest BCUT2D eigenvalue weighted by molar-refractivity contribution is -0.119. The van der Waals surface area contributed by atoms with E-state index in [1.165, 1.54) is 0 Å². The Morgan fingerprint density at radius 3 is 2.41 bits per heavy atom. The molecule has 3 amide bonds. The summed E-state index contributed by atoms with van der Waals surface area (Å²) in [7, 11) is 0. The number of hydrogen-bond donors (Lipinski definition) is 3. The topological polar surface area (TPSA) is 85.8 Å². The van der Waals surface area contributed by atoms with Crippen LogP contribution in [0.1, 0.15) is 18.4 Å². The number of anilines is 2. The Kier molecular flexibility index (Phi) is 5.67. The fourth-order valence-corrected chi connectivity index (χ4v) is 3.67. The van der Waals surface area contributed by atoms with Crippen molar-refractivity contribution in [3.05, 3.63) is 59.1 Å². The highest BCUT2D eigenvalue weighted by molar-refractivity contribution is 6.30. The van der Waals surface area contributed by atoms with E-state index in [2.05, 4.69) is 20.9 Å². The minimum Gasteiger partial charge on any atom is -0.368 e. The highest BCUT2D eigenvalue weighted by atomic mass is 35.5. The average molecular weight is 412 g/mol. The number of carbonyl (C=O) groups excluding carboxylic acids is 2. The largest absolute Gasteiger partial charge is 0.368 e. The number of amidine groups is 1. The molecule has 2 heterocycles. The van der Waals surface area contributed by atoms with Gasteiger partial charge in [0.15, 0.2) is 0 Å². The van der Waals surface area contributed by atoms with Gasteiger partial charge in [-0.2, -0.15) is 0 Å². The number of hydrogen-bond acceptors (Lipinski definition) is 4. The van der Waals surface area contributed by atoms with Gasteiger partial charge in [0.1, 0.15) is 11.9 Å². The summed E-state index contributed by atoms with van der Waals surface area (Å²) in [5.41, 5.74) is 2.33. The molecule has 0 aromatic heterocycles. The number of nitrogens with one attached hydrogen (secondary N) is 3. The van der Waals surface area contributed by atoms with Crippen molar-refractivity contribution in [2.75, 3.05) is 30.3 Å². The van der Waals surface area contributed by atoms with Crippen LogP contribution >= 0.6 is 11.6 Å². The van der Waals surface area contributed by atoms with E-state index in [4.69, 9.17) is 11.6 Å². The number of urea groups is 1. The highest BCUT2D eigenvalue weighted by Crippen LogP contribution is 2.22. The number of halogens is 1. The Morgan fingerprint density at radius 1 is 1.03 bits per heavy atom. The third-order valence-electron chi connectivity index (χ3n) is 5.01. The van der Waals surface area contributed by atoms with Gasteiger partial charge in [0.05, 0.1) is 6.54 Å². The maximum absolute atomic E-state index is 12.8. The quantitative estimate of drug-likeness (QED) is 0.721. The van der Waals surface area contributed by atoms with E-state index in [-0.39, 0.29) is 11.9 Å². The van der Waals surface area contributed by atoms with Crippen LogP contribution in [0.25, 0.3) is 0 Å². The molecule has 1 saturated heterocycles. The zero-order chi connectivity index (χ0) is 20.2. The van der Waals surface area contributed by atoms with Crippen molar-refractivity contribution < 1.29 is 9.59 Å². The van der Waals surface area contributed by atoms with E-state index < -0.39 is 6.04 Å². The summed E-state index contributed by atoms with van der Waals surface area (Å²) in [6, 6.07) is 13.6. The SMILES string of the molecule is O=C(Nc1ccc(C2=NCCN2)cc1)C1CCCN1C(=O)Nc1ccc(Cl)cc1. The van der Waals surface area contributed by atoms with E-state index in [0.29, 0.717) is 29.4 Å². The second-order valence-electron chi connectivity index (χ2n) is 7.01. The third kappa shape index (κ3) is 4.51. The molecule has 2 aromatic carbocycles. The van der Waals surface area contributed by atoms with E-state index >= 15 is 0 Å². The molecule has 1 unspecified atom stereocenters. The van der Waals surface area contributed by atoms with E-state index in [0.717, 1.165) is 30.9 Å². The molecule has 0 radical (unpaired) electrons. The first-order chi connectivity index (χ1) is 14.1. The summed E-state index contributed by atoms with van der Waals surface area (Å²) >= 11 is 5.88. The molecule has 29 heavy (non-hydrogen) atoms. The van der Waals surface area contributed by atoms with Crippen molar-refractivity contribution in [1.29, 1.82) is 0 Å². The van der Waals surface area contributed by atoms with Gasteiger partial charge in [0.2, 0.25) is 5.91 Å². The van der Waals surface area contributed by atoms with Crippen molar-refractivity contribution in [2.45, 2.75) is 18.9 Å². The van der Waals surface area contributed by atoms with Gasteiger partial charge < -0.3 is 20.9 Å². The zero-order valence-corrected chi connectivity index (χ0v) is 16.6. The second-order valence-corrected chi connectivity index (χ2v) is 7.45. The van der Waals surface area contributed by atoms with Gasteiger partial charge in [-0.3, -0.25) is 9.79 Å². The number of amides is 3. The maximum atomic E-state index is 12.8. The van der Waals surface area contributed by atoms with Crippen LogP contribution in [0.5, 0.6) is 0 Å². The van der Waals surface area contributed by atoms with Crippen molar-refractivity contribution in [3.63, 3.8) is 0 Å². The molecule has 1 atom stereocenters. The summed E-state index contributed by atoms with van der Waals surface area (Å²) in [5.74, 6) is 0.696. The van der Waals surface area contributed by atoms with Gasteiger partial charge >= 0.3 is 6.03 Å². The number of likely N-dealkylation sites (tertiary alicyclic amines) is 1. The molecule has 2 aromatic rings. The van der Waals surface area contributed by atoms with Crippen LogP contribution in [-0.2, 0) is 4.79 Å². The number of carbonyl (C=O) groups is 2. The van der Waals surface area contributed by atoms with Crippen LogP contribution in [0.15, 0.2) is 53.5 Å². The molecule has 2 aliphatic rings. The lowest BCUT2D eigenvalue weighted by Crippen LogP contribution is -2.45. The van der Waals surface area contributed by atoms with E-state index in [9.17, 15) is 9.59 Å². The molecule has 0 spiro atoms. The van der Waals surface area contributed by atoms with E-state index in [1.54, 1.807) is 29.2 Å². The van der Waals surface area contributed by atoms with Crippen LogP contribution in [0.2, 0.25) is 5.02 Å². The number of benzene rings is 2. The highest BCUT2D eigenvalue weighted by Gasteiger charge is 2.34. The fraction of sp³-hybridized carbons (Fsp3) is 0.286. The smallest absolute Gasteiger partial charge is 0.322 e. The summed E-state index contributed by atoms with van der Waals surface area (Å²) in [6.07, 6.45) is 1.43. The zero-order valence-electron chi connectivity index (χ0n) is 15.8. The molecule has 150 valence electrons. The van der Waals surface area contributed by atoms with Crippen molar-refractivity contribution >= 4 is 40.7 Å². The monoisotopic (exact) mass is 411 g/mol. The summed E-state index contributed by atoms with van der Waals surface area (Å²) in [5, 5.41) is 9.57. The maximum Gasteiger partial charge on any atom is 0.322 e. The first-order valence-corrected chi connectivity index (χ1v) is 10.0. The van der Waals surface area contributed by atoms with Crippen molar-refractivity contribution in [3.8, 4) is 0 Å². The predicted molar refractivity (Wildman–Crippen MR) is 115 cm³/mol. The Labute approximate surface area is 174 Å². The summed E-state index contributed by atoms with van der Waals surface area (Å²) < 4.78 is 0. The van der Waals surface area contributed by atoms with Gasteiger partial charge in [0.25, 0.3) is 0 Å².